The van der Waals surface area contributed by atoms with Crippen LogP contribution in [0.25, 0.3) is 0 Å². The monoisotopic (exact) mass is 410 g/mol. The van der Waals surface area contributed by atoms with Gasteiger partial charge in [-0.25, -0.2) is 9.78 Å². The minimum Gasteiger partial charge on any atom is -0.464 e. The minimum atomic E-state index is -0.779. The number of amides is 1. The summed E-state index contributed by atoms with van der Waals surface area (Å²) in [5.41, 5.74) is 0.984. The molecule has 0 saturated heterocycles. The molecule has 2 rings (SSSR count). The lowest BCUT2D eigenvalue weighted by Crippen LogP contribution is -2.34. The van der Waals surface area contributed by atoms with E-state index in [1.165, 1.54) is 18.4 Å². The average Bonchev–Trinajstić information content (AvgIpc) is 3.18. The van der Waals surface area contributed by atoms with E-state index in [0.29, 0.717) is 31.2 Å². The first-order chi connectivity index (χ1) is 13.1. The van der Waals surface area contributed by atoms with Crippen LogP contribution in [0.2, 0.25) is 0 Å². The molecule has 1 atom stereocenters. The Hall–Kier alpha value is -1.96. The SMILES string of the molecule is CCOCCCN(Cc1nc(C(=O)OC)cs1)C(=O)[C@H](Cl)c1ccccc1. The smallest absolute Gasteiger partial charge is 0.357 e. The molecule has 1 aromatic carbocycles. The lowest BCUT2D eigenvalue weighted by atomic mass is 10.1. The van der Waals surface area contributed by atoms with Crippen LogP contribution < -0.4 is 0 Å². The van der Waals surface area contributed by atoms with Gasteiger partial charge in [0.05, 0.1) is 13.7 Å². The van der Waals surface area contributed by atoms with E-state index in [-0.39, 0.29) is 18.1 Å². The van der Waals surface area contributed by atoms with E-state index in [1.54, 1.807) is 10.3 Å². The lowest BCUT2D eigenvalue weighted by Gasteiger charge is -2.24. The minimum absolute atomic E-state index is 0.200. The van der Waals surface area contributed by atoms with E-state index < -0.39 is 11.3 Å². The molecule has 0 aliphatic carbocycles. The molecular weight excluding hydrogens is 388 g/mol. The van der Waals surface area contributed by atoms with Crippen molar-refractivity contribution in [1.29, 1.82) is 0 Å². The number of hydrogen-bond acceptors (Lipinski definition) is 6. The van der Waals surface area contributed by atoms with Crippen LogP contribution in [0, 0.1) is 0 Å². The van der Waals surface area contributed by atoms with E-state index in [2.05, 4.69) is 9.72 Å². The van der Waals surface area contributed by atoms with E-state index in [1.807, 2.05) is 37.3 Å². The van der Waals surface area contributed by atoms with Gasteiger partial charge in [0, 0.05) is 25.1 Å². The van der Waals surface area contributed by atoms with Gasteiger partial charge in [0.2, 0.25) is 5.91 Å². The van der Waals surface area contributed by atoms with Crippen LogP contribution in [0.4, 0.5) is 0 Å². The number of carbonyl (C=O) groups excluding carboxylic acids is 2. The van der Waals surface area contributed by atoms with Crippen LogP contribution >= 0.6 is 22.9 Å². The van der Waals surface area contributed by atoms with Crippen molar-refractivity contribution < 1.29 is 19.1 Å². The number of benzene rings is 1. The first-order valence-corrected chi connectivity index (χ1v) is 9.96. The Morgan fingerprint density at radius 1 is 1.30 bits per heavy atom. The number of rotatable bonds is 10. The van der Waals surface area contributed by atoms with Gasteiger partial charge in [-0.15, -0.1) is 22.9 Å². The van der Waals surface area contributed by atoms with Gasteiger partial charge < -0.3 is 14.4 Å². The fraction of sp³-hybridized carbons (Fsp3) is 0.421. The molecule has 1 amide bonds. The topological polar surface area (TPSA) is 68.7 Å². The number of nitrogens with zero attached hydrogens (tertiary/aromatic N) is 2. The molecule has 0 aliphatic heterocycles. The second-order valence-corrected chi connectivity index (χ2v) is 7.08. The Bertz CT molecular complexity index is 738. The van der Waals surface area contributed by atoms with Crippen molar-refractivity contribution in [3.63, 3.8) is 0 Å². The number of ether oxygens (including phenoxy) is 2. The quantitative estimate of drug-likeness (QED) is 0.339. The molecule has 27 heavy (non-hydrogen) atoms. The molecular formula is C19H23ClN2O4S. The first-order valence-electron chi connectivity index (χ1n) is 8.65. The molecule has 0 fully saturated rings. The standard InChI is InChI=1S/C19H23ClN2O4S/c1-3-26-11-7-10-22(12-16-21-15(13-27-16)19(24)25-2)18(23)17(20)14-8-5-4-6-9-14/h4-6,8-9,13,17H,3,7,10-12H2,1-2H3/t17-/m1/s1. The van der Waals surface area contributed by atoms with E-state index >= 15 is 0 Å². The summed E-state index contributed by atoms with van der Waals surface area (Å²) < 4.78 is 10.0. The maximum atomic E-state index is 12.9. The fourth-order valence-electron chi connectivity index (χ4n) is 2.44. The van der Waals surface area contributed by atoms with Gasteiger partial charge in [-0.2, -0.15) is 0 Å². The van der Waals surface area contributed by atoms with Crippen LogP contribution in [0.5, 0.6) is 0 Å². The predicted octanol–water partition coefficient (Wildman–Crippen LogP) is 3.67. The summed E-state index contributed by atoms with van der Waals surface area (Å²) in [6, 6.07) is 9.22. The molecule has 0 bridgehead atoms. The zero-order valence-corrected chi connectivity index (χ0v) is 17.0. The van der Waals surface area contributed by atoms with E-state index in [0.717, 1.165) is 5.56 Å². The Morgan fingerprint density at radius 2 is 2.04 bits per heavy atom. The molecule has 0 radical (unpaired) electrons. The van der Waals surface area contributed by atoms with Crippen LogP contribution in [-0.2, 0) is 20.8 Å². The molecule has 0 N–H and O–H groups in total. The zero-order valence-electron chi connectivity index (χ0n) is 15.4. The Kier molecular flexibility index (Phi) is 8.71. The summed E-state index contributed by atoms with van der Waals surface area (Å²) in [6.45, 7) is 3.89. The van der Waals surface area contributed by atoms with Crippen molar-refractivity contribution in [3.8, 4) is 0 Å². The highest BCUT2D eigenvalue weighted by molar-refractivity contribution is 7.09. The zero-order chi connectivity index (χ0) is 19.6. The number of hydrogen-bond donors (Lipinski definition) is 0. The number of aromatic nitrogens is 1. The highest BCUT2D eigenvalue weighted by atomic mass is 35.5. The van der Waals surface area contributed by atoms with Crippen molar-refractivity contribution in [2.45, 2.75) is 25.3 Å². The number of carbonyl (C=O) groups is 2. The second-order valence-electron chi connectivity index (χ2n) is 5.70. The predicted molar refractivity (Wildman–Crippen MR) is 105 cm³/mol. The van der Waals surface area contributed by atoms with Crippen molar-refractivity contribution in [1.82, 2.24) is 9.88 Å². The Labute approximate surface area is 168 Å². The van der Waals surface area contributed by atoms with Crippen LogP contribution in [-0.4, -0.2) is 48.6 Å². The molecule has 1 heterocycles. The first kappa shape index (κ1) is 21.3. The largest absolute Gasteiger partial charge is 0.464 e. The molecule has 146 valence electrons. The number of alkyl halides is 1. The summed E-state index contributed by atoms with van der Waals surface area (Å²) in [7, 11) is 1.31. The Morgan fingerprint density at radius 3 is 2.70 bits per heavy atom. The third-order valence-corrected chi connectivity index (χ3v) is 5.09. The maximum Gasteiger partial charge on any atom is 0.357 e. The molecule has 6 nitrogen and oxygen atoms in total. The van der Waals surface area contributed by atoms with Gasteiger partial charge in [0.1, 0.15) is 10.4 Å². The van der Waals surface area contributed by atoms with Gasteiger partial charge in [0.15, 0.2) is 5.69 Å². The molecule has 0 spiro atoms. The van der Waals surface area contributed by atoms with Gasteiger partial charge in [-0.3, -0.25) is 4.79 Å². The molecule has 0 aliphatic rings. The highest BCUT2D eigenvalue weighted by Gasteiger charge is 2.25. The molecule has 0 unspecified atom stereocenters. The second kappa shape index (κ2) is 11.0. The third kappa shape index (κ3) is 6.30. The highest BCUT2D eigenvalue weighted by Crippen LogP contribution is 2.24. The van der Waals surface area contributed by atoms with Crippen LogP contribution in [0.3, 0.4) is 0 Å². The van der Waals surface area contributed by atoms with E-state index in [4.69, 9.17) is 16.3 Å². The molecule has 8 heteroatoms. The summed E-state index contributed by atoms with van der Waals surface area (Å²) in [5.74, 6) is -0.694. The van der Waals surface area contributed by atoms with Crippen LogP contribution in [0.1, 0.15) is 39.8 Å². The summed E-state index contributed by atoms with van der Waals surface area (Å²) >= 11 is 7.73. The van der Waals surface area contributed by atoms with Gasteiger partial charge >= 0.3 is 5.97 Å². The number of halogens is 1. The summed E-state index contributed by atoms with van der Waals surface area (Å²) in [5, 5.41) is 1.50. The molecule has 0 saturated carbocycles. The maximum absolute atomic E-state index is 12.9. The number of methoxy groups -OCH3 is 1. The number of esters is 1. The average molecular weight is 411 g/mol. The van der Waals surface area contributed by atoms with Crippen molar-refractivity contribution in [2.24, 2.45) is 0 Å². The van der Waals surface area contributed by atoms with Gasteiger partial charge in [-0.05, 0) is 18.9 Å². The van der Waals surface area contributed by atoms with Gasteiger partial charge in [-0.1, -0.05) is 30.3 Å². The van der Waals surface area contributed by atoms with Gasteiger partial charge in [0.25, 0.3) is 0 Å². The summed E-state index contributed by atoms with van der Waals surface area (Å²) in [6.07, 6.45) is 0.688. The Balaban J connectivity index is 2.11. The fourth-order valence-corrected chi connectivity index (χ4v) is 3.50. The lowest BCUT2D eigenvalue weighted by molar-refractivity contribution is -0.131. The van der Waals surface area contributed by atoms with Crippen molar-refractivity contribution in [3.05, 3.63) is 52.0 Å². The van der Waals surface area contributed by atoms with E-state index in [9.17, 15) is 9.59 Å². The third-order valence-electron chi connectivity index (χ3n) is 3.81. The molecule has 2 aromatic rings. The normalized spacial score (nSPS) is 11.8. The molecule has 1 aromatic heterocycles. The van der Waals surface area contributed by atoms with Crippen molar-refractivity contribution >= 4 is 34.8 Å². The number of thiazole rings is 1. The van der Waals surface area contributed by atoms with Crippen LogP contribution in [0.15, 0.2) is 35.7 Å². The summed E-state index contributed by atoms with van der Waals surface area (Å²) in [4.78, 5) is 30.4. The van der Waals surface area contributed by atoms with Crippen molar-refractivity contribution in [2.75, 3.05) is 26.9 Å².